The molecule has 1 saturated heterocycles. The Labute approximate surface area is 147 Å². The smallest absolute Gasteiger partial charge is 0.249 e. The molecule has 1 saturated carbocycles. The van der Waals surface area contributed by atoms with E-state index in [9.17, 15) is 4.79 Å². The molecular formula is C19H23N3O3. The summed E-state index contributed by atoms with van der Waals surface area (Å²) in [6.07, 6.45) is 5.37. The molecule has 2 aromatic rings. The first-order valence-electron chi connectivity index (χ1n) is 9.07. The van der Waals surface area contributed by atoms with Crippen molar-refractivity contribution in [3.05, 3.63) is 36.2 Å². The number of likely N-dealkylation sites (tertiary alicyclic amines) is 1. The number of nitrogens with zero attached hydrogens (tertiary/aromatic N) is 3. The second kappa shape index (κ2) is 7.35. The van der Waals surface area contributed by atoms with Crippen LogP contribution in [0.25, 0.3) is 11.4 Å². The Morgan fingerprint density at radius 1 is 1.20 bits per heavy atom. The molecule has 6 heteroatoms. The van der Waals surface area contributed by atoms with E-state index in [1.54, 1.807) is 0 Å². The maximum Gasteiger partial charge on any atom is 0.249 e. The minimum absolute atomic E-state index is 0.0183. The first-order chi connectivity index (χ1) is 12.3. The van der Waals surface area contributed by atoms with Crippen LogP contribution in [0.4, 0.5) is 0 Å². The zero-order chi connectivity index (χ0) is 17.1. The van der Waals surface area contributed by atoms with Crippen LogP contribution in [0.3, 0.4) is 0 Å². The van der Waals surface area contributed by atoms with Gasteiger partial charge in [0, 0.05) is 12.1 Å². The first-order valence-corrected chi connectivity index (χ1v) is 9.07. The molecule has 1 aliphatic carbocycles. The molecule has 2 fully saturated rings. The van der Waals surface area contributed by atoms with Gasteiger partial charge in [-0.3, -0.25) is 4.79 Å². The SMILES string of the molecule is O=C(COCC1CC1)N1CCCCC1c1nc(-c2ccccc2)no1. The molecule has 4 rings (SSSR count). The Bertz CT molecular complexity index is 712. The molecule has 1 aromatic carbocycles. The van der Waals surface area contributed by atoms with Gasteiger partial charge in [0.2, 0.25) is 17.6 Å². The van der Waals surface area contributed by atoms with Crippen LogP contribution >= 0.6 is 0 Å². The number of ether oxygens (including phenoxy) is 1. The number of piperidine rings is 1. The van der Waals surface area contributed by atoms with E-state index in [0.717, 1.165) is 31.4 Å². The van der Waals surface area contributed by atoms with Gasteiger partial charge >= 0.3 is 0 Å². The van der Waals surface area contributed by atoms with Crippen molar-refractivity contribution in [3.63, 3.8) is 0 Å². The summed E-state index contributed by atoms with van der Waals surface area (Å²) in [5, 5.41) is 4.09. The molecule has 25 heavy (non-hydrogen) atoms. The molecule has 0 spiro atoms. The molecule has 1 unspecified atom stereocenters. The van der Waals surface area contributed by atoms with Gasteiger partial charge in [0.15, 0.2) is 0 Å². The molecule has 0 N–H and O–H groups in total. The van der Waals surface area contributed by atoms with Crippen molar-refractivity contribution >= 4 is 5.91 Å². The summed E-state index contributed by atoms with van der Waals surface area (Å²) in [5.74, 6) is 1.77. The fourth-order valence-corrected chi connectivity index (χ4v) is 3.24. The summed E-state index contributed by atoms with van der Waals surface area (Å²) in [5.41, 5.74) is 0.916. The molecule has 1 atom stereocenters. The number of amides is 1. The van der Waals surface area contributed by atoms with Gasteiger partial charge in [-0.05, 0) is 38.0 Å². The molecule has 2 heterocycles. The van der Waals surface area contributed by atoms with Crippen LogP contribution in [-0.4, -0.2) is 40.7 Å². The van der Waals surface area contributed by atoms with E-state index in [-0.39, 0.29) is 18.6 Å². The van der Waals surface area contributed by atoms with E-state index in [1.807, 2.05) is 35.2 Å². The average molecular weight is 341 g/mol. The van der Waals surface area contributed by atoms with E-state index in [2.05, 4.69) is 10.1 Å². The van der Waals surface area contributed by atoms with Crippen molar-refractivity contribution < 1.29 is 14.1 Å². The van der Waals surface area contributed by atoms with Crippen molar-refractivity contribution in [2.45, 2.75) is 38.1 Å². The lowest BCUT2D eigenvalue weighted by atomic mass is 10.0. The van der Waals surface area contributed by atoms with Gasteiger partial charge < -0.3 is 14.2 Å². The number of benzene rings is 1. The molecule has 1 aliphatic heterocycles. The van der Waals surface area contributed by atoms with Crippen LogP contribution < -0.4 is 0 Å². The Balaban J connectivity index is 1.45. The zero-order valence-electron chi connectivity index (χ0n) is 14.3. The van der Waals surface area contributed by atoms with Crippen molar-refractivity contribution in [1.82, 2.24) is 15.0 Å². The van der Waals surface area contributed by atoms with Gasteiger partial charge in [-0.15, -0.1) is 0 Å². The second-order valence-electron chi connectivity index (χ2n) is 6.88. The van der Waals surface area contributed by atoms with E-state index >= 15 is 0 Å². The third-order valence-corrected chi connectivity index (χ3v) is 4.86. The van der Waals surface area contributed by atoms with Gasteiger partial charge in [-0.2, -0.15) is 4.98 Å². The van der Waals surface area contributed by atoms with Gasteiger partial charge in [-0.1, -0.05) is 35.5 Å². The first kappa shape index (κ1) is 16.3. The average Bonchev–Trinajstić information content (AvgIpc) is 3.35. The monoisotopic (exact) mass is 341 g/mol. The van der Waals surface area contributed by atoms with E-state index < -0.39 is 0 Å². The van der Waals surface area contributed by atoms with E-state index in [1.165, 1.54) is 12.8 Å². The fraction of sp³-hybridized carbons (Fsp3) is 0.526. The van der Waals surface area contributed by atoms with E-state index in [4.69, 9.17) is 9.26 Å². The minimum atomic E-state index is -0.143. The number of carbonyl (C=O) groups is 1. The minimum Gasteiger partial charge on any atom is -0.371 e. The quantitative estimate of drug-likeness (QED) is 0.807. The molecule has 0 bridgehead atoms. The predicted octanol–water partition coefficient (Wildman–Crippen LogP) is 3.22. The third-order valence-electron chi connectivity index (χ3n) is 4.86. The highest BCUT2D eigenvalue weighted by molar-refractivity contribution is 5.78. The summed E-state index contributed by atoms with van der Waals surface area (Å²) in [6, 6.07) is 9.59. The lowest BCUT2D eigenvalue weighted by Gasteiger charge is -2.33. The summed E-state index contributed by atoms with van der Waals surface area (Å²) in [4.78, 5) is 19.0. The molecule has 1 amide bonds. The lowest BCUT2D eigenvalue weighted by Crippen LogP contribution is -2.40. The van der Waals surface area contributed by atoms with Gasteiger partial charge in [0.25, 0.3) is 0 Å². The van der Waals surface area contributed by atoms with Crippen LogP contribution in [0.2, 0.25) is 0 Å². The molecule has 6 nitrogen and oxygen atoms in total. The highest BCUT2D eigenvalue weighted by atomic mass is 16.5. The van der Waals surface area contributed by atoms with Crippen molar-refractivity contribution in [2.75, 3.05) is 19.8 Å². The number of hydrogen-bond donors (Lipinski definition) is 0. The van der Waals surface area contributed by atoms with Crippen LogP contribution in [-0.2, 0) is 9.53 Å². The number of aromatic nitrogens is 2. The molecule has 0 radical (unpaired) electrons. The Morgan fingerprint density at radius 3 is 2.84 bits per heavy atom. The zero-order valence-corrected chi connectivity index (χ0v) is 14.3. The van der Waals surface area contributed by atoms with Crippen molar-refractivity contribution in [1.29, 1.82) is 0 Å². The standard InChI is InChI=1S/C19H23N3O3/c23-17(13-24-12-14-9-10-14)22-11-5-4-8-16(22)19-20-18(21-25-19)15-6-2-1-3-7-15/h1-3,6-7,14,16H,4-5,8-13H2. The summed E-state index contributed by atoms with van der Waals surface area (Å²) in [7, 11) is 0. The largest absolute Gasteiger partial charge is 0.371 e. The van der Waals surface area contributed by atoms with Crippen LogP contribution in [0.1, 0.15) is 44.0 Å². The summed E-state index contributed by atoms with van der Waals surface area (Å²) < 4.78 is 11.1. The lowest BCUT2D eigenvalue weighted by molar-refractivity contribution is -0.140. The Morgan fingerprint density at radius 2 is 2.04 bits per heavy atom. The maximum atomic E-state index is 12.6. The Hall–Kier alpha value is -2.21. The van der Waals surface area contributed by atoms with Crippen molar-refractivity contribution in [2.24, 2.45) is 5.92 Å². The van der Waals surface area contributed by atoms with Gasteiger partial charge in [0.05, 0.1) is 6.61 Å². The van der Waals surface area contributed by atoms with Gasteiger partial charge in [-0.25, -0.2) is 0 Å². The topological polar surface area (TPSA) is 68.5 Å². The third kappa shape index (κ3) is 3.90. The second-order valence-corrected chi connectivity index (χ2v) is 6.88. The predicted molar refractivity (Wildman–Crippen MR) is 91.6 cm³/mol. The number of hydrogen-bond acceptors (Lipinski definition) is 5. The Kier molecular flexibility index (Phi) is 4.78. The molecular weight excluding hydrogens is 318 g/mol. The highest BCUT2D eigenvalue weighted by Crippen LogP contribution is 2.32. The molecule has 132 valence electrons. The maximum absolute atomic E-state index is 12.6. The number of rotatable bonds is 6. The highest BCUT2D eigenvalue weighted by Gasteiger charge is 2.32. The fourth-order valence-electron chi connectivity index (χ4n) is 3.24. The van der Waals surface area contributed by atoms with Crippen molar-refractivity contribution in [3.8, 4) is 11.4 Å². The van der Waals surface area contributed by atoms with Crippen LogP contribution in [0.5, 0.6) is 0 Å². The van der Waals surface area contributed by atoms with Gasteiger partial charge in [0.1, 0.15) is 12.6 Å². The van der Waals surface area contributed by atoms with Crippen LogP contribution in [0.15, 0.2) is 34.9 Å². The number of carbonyl (C=O) groups excluding carboxylic acids is 1. The molecule has 2 aliphatic rings. The normalized spacial score (nSPS) is 20.6. The molecule has 1 aromatic heterocycles. The summed E-state index contributed by atoms with van der Waals surface area (Å²) in [6.45, 7) is 1.56. The van der Waals surface area contributed by atoms with E-state index in [0.29, 0.717) is 24.2 Å². The van der Waals surface area contributed by atoms with Crippen LogP contribution in [0, 0.1) is 5.92 Å². The summed E-state index contributed by atoms with van der Waals surface area (Å²) >= 11 is 0.